The second-order valence-corrected chi connectivity index (χ2v) is 8.17. The van der Waals surface area contributed by atoms with Crippen molar-refractivity contribution < 1.29 is 19.4 Å². The standard InChI is InChI=1S/C25H31N3O4/c1-6-17-13-19(22(29)14-23(17)32-5)25(31)28-15-18-9-7-10-21(20(18)16-28)27(4)24(30)11-8-12-26(2)3/h7-11,13-14,29H,6,12,15-16H2,1-5H3/b11-8+. The van der Waals surface area contributed by atoms with Crippen molar-refractivity contribution in [3.05, 3.63) is 64.7 Å². The number of hydrogen-bond acceptors (Lipinski definition) is 5. The Kier molecular flexibility index (Phi) is 7.20. The maximum atomic E-state index is 13.3. The van der Waals surface area contributed by atoms with E-state index in [4.69, 9.17) is 4.74 Å². The zero-order valence-electron chi connectivity index (χ0n) is 19.4. The number of fused-ring (bicyclic) bond motifs is 1. The number of amides is 2. The van der Waals surface area contributed by atoms with Gasteiger partial charge in [0.2, 0.25) is 5.91 Å². The summed E-state index contributed by atoms with van der Waals surface area (Å²) in [6.45, 7) is 3.45. The molecule has 0 atom stereocenters. The highest BCUT2D eigenvalue weighted by Crippen LogP contribution is 2.35. The summed E-state index contributed by atoms with van der Waals surface area (Å²) in [5, 5.41) is 10.4. The lowest BCUT2D eigenvalue weighted by molar-refractivity contribution is -0.113. The van der Waals surface area contributed by atoms with Crippen molar-refractivity contribution in [1.82, 2.24) is 9.80 Å². The van der Waals surface area contributed by atoms with Crippen molar-refractivity contribution in [1.29, 1.82) is 0 Å². The third-order valence-corrected chi connectivity index (χ3v) is 5.68. The highest BCUT2D eigenvalue weighted by atomic mass is 16.5. The Labute approximate surface area is 189 Å². The average molecular weight is 438 g/mol. The van der Waals surface area contributed by atoms with Crippen LogP contribution in [0.5, 0.6) is 11.5 Å². The Bertz CT molecular complexity index is 1050. The lowest BCUT2D eigenvalue weighted by Crippen LogP contribution is -2.27. The number of carbonyl (C=O) groups excluding carboxylic acids is 2. The second-order valence-electron chi connectivity index (χ2n) is 8.17. The summed E-state index contributed by atoms with van der Waals surface area (Å²) in [6, 6.07) is 8.95. The number of anilines is 1. The largest absolute Gasteiger partial charge is 0.507 e. The maximum Gasteiger partial charge on any atom is 0.258 e. The molecule has 2 aromatic carbocycles. The first kappa shape index (κ1) is 23.3. The fraction of sp³-hybridized carbons (Fsp3) is 0.360. The summed E-state index contributed by atoms with van der Waals surface area (Å²) in [4.78, 5) is 31.2. The number of phenolic OH excluding ortho intramolecular Hbond substituents is 1. The average Bonchev–Trinajstić information content (AvgIpc) is 3.22. The summed E-state index contributed by atoms with van der Waals surface area (Å²) >= 11 is 0. The fourth-order valence-corrected chi connectivity index (χ4v) is 3.88. The van der Waals surface area contributed by atoms with Crippen molar-refractivity contribution in [2.24, 2.45) is 0 Å². The SMILES string of the molecule is CCc1cc(C(=O)N2Cc3cccc(N(C)C(=O)/C=C/CN(C)C)c3C2)c(O)cc1OC. The lowest BCUT2D eigenvalue weighted by Gasteiger charge is -2.20. The molecule has 1 aliphatic rings. The first-order chi connectivity index (χ1) is 15.3. The zero-order chi connectivity index (χ0) is 23.4. The minimum Gasteiger partial charge on any atom is -0.507 e. The van der Waals surface area contributed by atoms with Gasteiger partial charge >= 0.3 is 0 Å². The van der Waals surface area contributed by atoms with Crippen LogP contribution in [0, 0.1) is 0 Å². The predicted molar refractivity (Wildman–Crippen MR) is 125 cm³/mol. The third-order valence-electron chi connectivity index (χ3n) is 5.68. The van der Waals surface area contributed by atoms with Gasteiger partial charge in [-0.05, 0) is 43.8 Å². The van der Waals surface area contributed by atoms with Gasteiger partial charge in [0.1, 0.15) is 11.5 Å². The molecule has 170 valence electrons. The molecular weight excluding hydrogens is 406 g/mol. The van der Waals surface area contributed by atoms with E-state index in [9.17, 15) is 14.7 Å². The number of methoxy groups -OCH3 is 1. The second kappa shape index (κ2) is 9.87. The van der Waals surface area contributed by atoms with Crippen LogP contribution in [0.25, 0.3) is 0 Å². The number of hydrogen-bond donors (Lipinski definition) is 1. The summed E-state index contributed by atoms with van der Waals surface area (Å²) < 4.78 is 5.30. The van der Waals surface area contributed by atoms with Crippen LogP contribution in [-0.2, 0) is 24.3 Å². The molecule has 0 radical (unpaired) electrons. The van der Waals surface area contributed by atoms with Crippen molar-refractivity contribution >= 4 is 17.5 Å². The minimum atomic E-state index is -0.248. The number of ether oxygens (including phenoxy) is 1. The number of nitrogens with zero attached hydrogens (tertiary/aromatic N) is 3. The van der Waals surface area contributed by atoms with E-state index >= 15 is 0 Å². The van der Waals surface area contributed by atoms with E-state index < -0.39 is 0 Å². The summed E-state index contributed by atoms with van der Waals surface area (Å²) in [5.41, 5.74) is 3.84. The van der Waals surface area contributed by atoms with Gasteiger partial charge in [0.25, 0.3) is 5.91 Å². The van der Waals surface area contributed by atoms with Crippen LogP contribution in [0.3, 0.4) is 0 Å². The van der Waals surface area contributed by atoms with E-state index in [0.717, 1.165) is 22.4 Å². The number of aryl methyl sites for hydroxylation is 1. The maximum absolute atomic E-state index is 13.3. The van der Waals surface area contributed by atoms with Crippen molar-refractivity contribution in [3.8, 4) is 11.5 Å². The number of benzene rings is 2. The van der Waals surface area contributed by atoms with Crippen LogP contribution >= 0.6 is 0 Å². The molecular formula is C25H31N3O4. The monoisotopic (exact) mass is 437 g/mol. The molecule has 1 heterocycles. The quantitative estimate of drug-likeness (QED) is 0.674. The van der Waals surface area contributed by atoms with Gasteiger partial charge in [0.05, 0.1) is 12.7 Å². The molecule has 0 saturated heterocycles. The highest BCUT2D eigenvalue weighted by Gasteiger charge is 2.29. The number of phenols is 1. The van der Waals surface area contributed by atoms with Crippen LogP contribution < -0.4 is 9.64 Å². The molecule has 7 nitrogen and oxygen atoms in total. The van der Waals surface area contributed by atoms with Gasteiger partial charge in [-0.15, -0.1) is 0 Å². The molecule has 0 aromatic heterocycles. The molecule has 1 aliphatic heterocycles. The Hall–Kier alpha value is -3.32. The summed E-state index contributed by atoms with van der Waals surface area (Å²) in [5.74, 6) is 0.0989. The van der Waals surface area contributed by atoms with Gasteiger partial charge < -0.3 is 24.5 Å². The molecule has 0 fully saturated rings. The molecule has 2 amide bonds. The van der Waals surface area contributed by atoms with E-state index in [1.807, 2.05) is 50.2 Å². The molecule has 32 heavy (non-hydrogen) atoms. The fourth-order valence-electron chi connectivity index (χ4n) is 3.88. The third kappa shape index (κ3) is 4.78. The molecule has 0 saturated carbocycles. The molecule has 0 spiro atoms. The normalized spacial score (nSPS) is 13.0. The van der Waals surface area contributed by atoms with Crippen molar-refractivity contribution in [2.45, 2.75) is 26.4 Å². The van der Waals surface area contributed by atoms with E-state index in [1.165, 1.54) is 6.07 Å². The van der Waals surface area contributed by atoms with E-state index in [1.54, 1.807) is 36.1 Å². The predicted octanol–water partition coefficient (Wildman–Crippen LogP) is 3.20. The molecule has 3 rings (SSSR count). The van der Waals surface area contributed by atoms with Gasteiger partial charge in [-0.3, -0.25) is 9.59 Å². The van der Waals surface area contributed by atoms with Crippen molar-refractivity contribution in [2.75, 3.05) is 39.7 Å². The number of likely N-dealkylation sites (N-methyl/N-ethyl adjacent to an activating group) is 2. The molecule has 0 unspecified atom stereocenters. The topological polar surface area (TPSA) is 73.3 Å². The molecule has 0 aliphatic carbocycles. The zero-order valence-corrected chi connectivity index (χ0v) is 19.4. The van der Waals surface area contributed by atoms with E-state index in [2.05, 4.69) is 0 Å². The van der Waals surface area contributed by atoms with Crippen LogP contribution in [-0.4, -0.2) is 61.5 Å². The van der Waals surface area contributed by atoms with Gasteiger partial charge in [0, 0.05) is 50.1 Å². The van der Waals surface area contributed by atoms with E-state index in [0.29, 0.717) is 31.8 Å². The van der Waals surface area contributed by atoms with Crippen LogP contribution in [0.4, 0.5) is 5.69 Å². The minimum absolute atomic E-state index is 0.0986. The lowest BCUT2D eigenvalue weighted by atomic mass is 10.1. The Morgan fingerprint density at radius 2 is 1.94 bits per heavy atom. The summed E-state index contributed by atoms with van der Waals surface area (Å²) in [7, 11) is 7.17. The molecule has 2 aromatic rings. The van der Waals surface area contributed by atoms with Gasteiger partial charge in [-0.25, -0.2) is 0 Å². The van der Waals surface area contributed by atoms with Crippen LogP contribution in [0.15, 0.2) is 42.5 Å². The van der Waals surface area contributed by atoms with Gasteiger partial charge in [-0.1, -0.05) is 25.1 Å². The first-order valence-electron chi connectivity index (χ1n) is 10.7. The van der Waals surface area contributed by atoms with Gasteiger partial charge in [0.15, 0.2) is 0 Å². The molecule has 7 heteroatoms. The molecule has 1 N–H and O–H groups in total. The number of carbonyl (C=O) groups is 2. The number of aromatic hydroxyl groups is 1. The van der Waals surface area contributed by atoms with Gasteiger partial charge in [-0.2, -0.15) is 0 Å². The van der Waals surface area contributed by atoms with Crippen LogP contribution in [0.2, 0.25) is 0 Å². The smallest absolute Gasteiger partial charge is 0.258 e. The number of rotatable bonds is 7. The first-order valence-corrected chi connectivity index (χ1v) is 10.7. The van der Waals surface area contributed by atoms with Crippen LogP contribution in [0.1, 0.15) is 34.0 Å². The van der Waals surface area contributed by atoms with E-state index in [-0.39, 0.29) is 23.1 Å². The summed E-state index contributed by atoms with van der Waals surface area (Å²) in [6.07, 6.45) is 4.08. The van der Waals surface area contributed by atoms with Crippen molar-refractivity contribution in [3.63, 3.8) is 0 Å². The Morgan fingerprint density at radius 1 is 1.19 bits per heavy atom. The Balaban J connectivity index is 1.83. The highest BCUT2D eigenvalue weighted by molar-refractivity contribution is 6.02. The molecule has 0 bridgehead atoms. The Morgan fingerprint density at radius 3 is 2.59 bits per heavy atom.